The summed E-state index contributed by atoms with van der Waals surface area (Å²) in [6.07, 6.45) is 2.73. The van der Waals surface area contributed by atoms with Gasteiger partial charge < -0.3 is 9.53 Å². The molecule has 4 nitrogen and oxygen atoms in total. The number of morpholine rings is 1. The zero-order valence-corrected chi connectivity index (χ0v) is 7.28. The van der Waals surface area contributed by atoms with E-state index in [2.05, 4.69) is 0 Å². The van der Waals surface area contributed by atoms with Crippen LogP contribution in [0, 0.1) is 11.5 Å². The number of rotatable bonds is 1. The van der Waals surface area contributed by atoms with Gasteiger partial charge in [-0.05, 0) is 13.8 Å². The van der Waals surface area contributed by atoms with Crippen LogP contribution in [-0.4, -0.2) is 36.0 Å². The zero-order chi connectivity index (χ0) is 9.19. The maximum atomic E-state index is 10.5. The van der Waals surface area contributed by atoms with Crippen molar-refractivity contribution in [3.8, 4) is 6.19 Å². The number of nitrogens with zero attached hydrogens (tertiary/aromatic N) is 2. The molecule has 0 saturated carbocycles. The summed E-state index contributed by atoms with van der Waals surface area (Å²) < 4.78 is 5.38. The van der Waals surface area contributed by atoms with E-state index in [1.165, 1.54) is 4.90 Å². The van der Waals surface area contributed by atoms with Gasteiger partial charge in [-0.15, -0.1) is 0 Å². The fourth-order valence-electron chi connectivity index (χ4n) is 1.20. The predicted octanol–water partition coefficient (Wildman–Crippen LogP) is 0.146. The fraction of sp³-hybridized carbons (Fsp3) is 0.750. The van der Waals surface area contributed by atoms with E-state index in [-0.39, 0.29) is 5.60 Å². The Labute approximate surface area is 71.7 Å². The summed E-state index contributed by atoms with van der Waals surface area (Å²) >= 11 is 0. The van der Waals surface area contributed by atoms with Crippen LogP contribution in [-0.2, 0) is 9.53 Å². The second-order valence-electron chi connectivity index (χ2n) is 3.50. The smallest absolute Gasteiger partial charge is 0.180 e. The Morgan fingerprint density at radius 3 is 2.92 bits per heavy atom. The van der Waals surface area contributed by atoms with Crippen LogP contribution in [0.3, 0.4) is 0 Å². The third-order valence-corrected chi connectivity index (χ3v) is 1.88. The Kier molecular flexibility index (Phi) is 2.34. The van der Waals surface area contributed by atoms with Crippen LogP contribution in [0.2, 0.25) is 0 Å². The van der Waals surface area contributed by atoms with Crippen molar-refractivity contribution < 1.29 is 9.53 Å². The van der Waals surface area contributed by atoms with Crippen molar-refractivity contribution in [1.82, 2.24) is 4.90 Å². The minimum atomic E-state index is -0.400. The highest BCUT2D eigenvalue weighted by molar-refractivity contribution is 5.58. The maximum Gasteiger partial charge on any atom is 0.180 e. The first-order chi connectivity index (χ1) is 5.59. The van der Waals surface area contributed by atoms with Gasteiger partial charge in [-0.3, -0.25) is 4.90 Å². The molecule has 1 atom stereocenters. The largest absolute Gasteiger partial charge is 0.371 e. The van der Waals surface area contributed by atoms with Crippen molar-refractivity contribution in [2.24, 2.45) is 0 Å². The van der Waals surface area contributed by atoms with Crippen molar-refractivity contribution in [2.45, 2.75) is 25.5 Å². The van der Waals surface area contributed by atoms with Gasteiger partial charge in [-0.1, -0.05) is 0 Å². The van der Waals surface area contributed by atoms with Crippen molar-refractivity contribution >= 4 is 6.29 Å². The summed E-state index contributed by atoms with van der Waals surface area (Å²) in [7, 11) is 0. The molecule has 1 rings (SSSR count). The molecule has 0 aromatic carbocycles. The van der Waals surface area contributed by atoms with Crippen molar-refractivity contribution in [1.29, 1.82) is 5.26 Å². The van der Waals surface area contributed by atoms with Crippen LogP contribution in [0.5, 0.6) is 0 Å². The lowest BCUT2D eigenvalue weighted by atomic mass is 10.1. The molecular formula is C8H12N2O2. The summed E-state index contributed by atoms with van der Waals surface area (Å²) in [4.78, 5) is 11.9. The van der Waals surface area contributed by atoms with Gasteiger partial charge >= 0.3 is 0 Å². The van der Waals surface area contributed by atoms with Crippen molar-refractivity contribution in [3.63, 3.8) is 0 Å². The molecule has 4 heteroatoms. The first-order valence-corrected chi connectivity index (χ1v) is 3.85. The number of aldehydes is 1. The summed E-state index contributed by atoms with van der Waals surface area (Å²) in [5.74, 6) is 0. The highest BCUT2D eigenvalue weighted by Crippen LogP contribution is 2.18. The lowest BCUT2D eigenvalue weighted by Crippen LogP contribution is -2.52. The number of ether oxygens (including phenoxy) is 1. The number of carbonyl (C=O) groups excluding carboxylic acids is 1. The summed E-state index contributed by atoms with van der Waals surface area (Å²) in [5.41, 5.74) is -0.324. The van der Waals surface area contributed by atoms with Crippen LogP contribution >= 0.6 is 0 Å². The number of hydrogen-bond donors (Lipinski definition) is 0. The highest BCUT2D eigenvalue weighted by Gasteiger charge is 2.32. The molecule has 12 heavy (non-hydrogen) atoms. The average molecular weight is 168 g/mol. The molecule has 1 saturated heterocycles. The van der Waals surface area contributed by atoms with E-state index in [0.717, 1.165) is 6.29 Å². The Morgan fingerprint density at radius 2 is 2.42 bits per heavy atom. The van der Waals surface area contributed by atoms with Crippen LogP contribution < -0.4 is 0 Å². The zero-order valence-electron chi connectivity index (χ0n) is 7.28. The van der Waals surface area contributed by atoms with Crippen molar-refractivity contribution in [2.75, 3.05) is 13.2 Å². The molecular weight excluding hydrogens is 156 g/mol. The van der Waals surface area contributed by atoms with Crippen LogP contribution in [0.25, 0.3) is 0 Å². The molecule has 0 amide bonds. The molecule has 1 aliphatic rings. The normalized spacial score (nSPS) is 27.8. The topological polar surface area (TPSA) is 53.3 Å². The van der Waals surface area contributed by atoms with Crippen molar-refractivity contribution in [3.05, 3.63) is 0 Å². The molecule has 0 spiro atoms. The lowest BCUT2D eigenvalue weighted by Gasteiger charge is -2.38. The molecule has 0 N–H and O–H groups in total. The van der Waals surface area contributed by atoms with E-state index in [4.69, 9.17) is 10.00 Å². The van der Waals surface area contributed by atoms with E-state index < -0.39 is 6.04 Å². The third-order valence-electron chi connectivity index (χ3n) is 1.88. The molecule has 0 aromatic heterocycles. The molecule has 1 fully saturated rings. The Balaban J connectivity index is 2.67. The monoisotopic (exact) mass is 168 g/mol. The fourth-order valence-corrected chi connectivity index (χ4v) is 1.20. The van der Waals surface area contributed by atoms with E-state index in [0.29, 0.717) is 13.2 Å². The second kappa shape index (κ2) is 3.11. The molecule has 1 aliphatic heterocycles. The average Bonchev–Trinajstić information content (AvgIpc) is 2.03. The molecule has 0 aliphatic carbocycles. The molecule has 66 valence electrons. The molecule has 0 radical (unpaired) electrons. The number of nitriles is 1. The summed E-state index contributed by atoms with van der Waals surface area (Å²) in [6.45, 7) is 4.59. The lowest BCUT2D eigenvalue weighted by molar-refractivity contribution is -0.128. The van der Waals surface area contributed by atoms with Gasteiger partial charge in [-0.2, -0.15) is 5.26 Å². The van der Waals surface area contributed by atoms with E-state index in [9.17, 15) is 4.79 Å². The quantitative estimate of drug-likeness (QED) is 0.413. The van der Waals surface area contributed by atoms with Gasteiger partial charge in [0.25, 0.3) is 0 Å². The van der Waals surface area contributed by atoms with Gasteiger partial charge in [0.15, 0.2) is 6.19 Å². The molecule has 0 bridgehead atoms. The number of carbonyl (C=O) groups is 1. The standard InChI is InChI=1S/C8H12N2O2/c1-8(2)5-10(6-9)7(3-11)4-12-8/h3,7H,4-5H2,1-2H3. The molecule has 0 aromatic rings. The predicted molar refractivity (Wildman–Crippen MR) is 42.2 cm³/mol. The van der Waals surface area contributed by atoms with E-state index in [1.54, 1.807) is 0 Å². The maximum absolute atomic E-state index is 10.5. The minimum Gasteiger partial charge on any atom is -0.371 e. The van der Waals surface area contributed by atoms with Crippen LogP contribution in [0.15, 0.2) is 0 Å². The second-order valence-corrected chi connectivity index (χ2v) is 3.50. The first kappa shape index (κ1) is 9.01. The van der Waals surface area contributed by atoms with Gasteiger partial charge in [0, 0.05) is 0 Å². The van der Waals surface area contributed by atoms with Gasteiger partial charge in [0.1, 0.15) is 12.3 Å². The van der Waals surface area contributed by atoms with Gasteiger partial charge in [0.2, 0.25) is 0 Å². The minimum absolute atomic E-state index is 0.310. The Hall–Kier alpha value is -1.08. The summed E-state index contributed by atoms with van der Waals surface area (Å²) in [5, 5.41) is 8.69. The Morgan fingerprint density at radius 1 is 1.75 bits per heavy atom. The Bertz CT molecular complexity index is 220. The third kappa shape index (κ3) is 1.74. The van der Waals surface area contributed by atoms with Crippen LogP contribution in [0.1, 0.15) is 13.8 Å². The molecule has 1 heterocycles. The van der Waals surface area contributed by atoms with Crippen LogP contribution in [0.4, 0.5) is 0 Å². The van der Waals surface area contributed by atoms with Gasteiger partial charge in [-0.25, -0.2) is 0 Å². The summed E-state index contributed by atoms with van der Waals surface area (Å²) in [6, 6.07) is -0.400. The SMILES string of the molecule is CC1(C)CN(C#N)C(C=O)CO1. The first-order valence-electron chi connectivity index (χ1n) is 3.85. The van der Waals surface area contributed by atoms with Gasteiger partial charge in [0.05, 0.1) is 18.8 Å². The highest BCUT2D eigenvalue weighted by atomic mass is 16.5. The van der Waals surface area contributed by atoms with E-state index >= 15 is 0 Å². The number of hydrogen-bond acceptors (Lipinski definition) is 4. The molecule has 1 unspecified atom stereocenters. The van der Waals surface area contributed by atoms with E-state index in [1.807, 2.05) is 20.0 Å².